The molecule has 0 unspecified atom stereocenters. The lowest BCUT2D eigenvalue weighted by Crippen LogP contribution is -1.97. The highest BCUT2D eigenvalue weighted by Crippen LogP contribution is 2.26. The Morgan fingerprint density at radius 3 is 2.68 bits per heavy atom. The number of rotatable bonds is 7. The van der Waals surface area contributed by atoms with Crippen LogP contribution >= 0.6 is 0 Å². The Labute approximate surface area is 111 Å². The Kier molecular flexibility index (Phi) is 4.52. The molecule has 19 heavy (non-hydrogen) atoms. The third-order valence-corrected chi connectivity index (χ3v) is 3.29. The number of aryl methyl sites for hydroxylation is 1. The van der Waals surface area contributed by atoms with Crippen molar-refractivity contribution in [2.45, 2.75) is 32.2 Å². The van der Waals surface area contributed by atoms with Crippen LogP contribution in [0.5, 0.6) is 0 Å². The number of benzene rings is 1. The number of nitrogens with zero attached hydrogens (tertiary/aromatic N) is 2. The maximum atomic E-state index is 10.9. The molecule has 0 aliphatic heterocycles. The van der Waals surface area contributed by atoms with Crippen LogP contribution in [0.3, 0.4) is 0 Å². The van der Waals surface area contributed by atoms with Gasteiger partial charge in [0, 0.05) is 25.4 Å². The van der Waals surface area contributed by atoms with E-state index in [9.17, 15) is 10.1 Å². The number of hydrogen-bond donors (Lipinski definition) is 1. The molecule has 2 aromatic rings. The zero-order valence-electron chi connectivity index (χ0n) is 10.8. The number of non-ortho nitro benzene ring substituents is 1. The molecule has 1 N–H and O–H groups in total. The molecule has 0 amide bonds. The van der Waals surface area contributed by atoms with Gasteiger partial charge >= 0.3 is 0 Å². The molecule has 0 atom stereocenters. The van der Waals surface area contributed by atoms with Gasteiger partial charge in [-0.2, -0.15) is 0 Å². The third-order valence-electron chi connectivity index (χ3n) is 3.29. The van der Waals surface area contributed by atoms with E-state index in [0.29, 0.717) is 5.39 Å². The molecule has 2 rings (SSSR count). The summed E-state index contributed by atoms with van der Waals surface area (Å²) in [6, 6.07) is 6.98. The Bertz CT molecular complexity index is 563. The number of aliphatic hydroxyl groups excluding tert-OH is 1. The van der Waals surface area contributed by atoms with Crippen molar-refractivity contribution in [3.8, 4) is 0 Å². The van der Waals surface area contributed by atoms with Crippen LogP contribution in [0.2, 0.25) is 0 Å². The van der Waals surface area contributed by atoms with Gasteiger partial charge in [-0.15, -0.1) is 0 Å². The Hall–Kier alpha value is -1.88. The topological polar surface area (TPSA) is 68.3 Å². The normalized spacial score (nSPS) is 11.0. The van der Waals surface area contributed by atoms with Gasteiger partial charge < -0.3 is 9.67 Å². The lowest BCUT2D eigenvalue weighted by atomic mass is 10.2. The van der Waals surface area contributed by atoms with Crippen molar-refractivity contribution >= 4 is 16.6 Å². The molecular formula is C14H18N2O3. The van der Waals surface area contributed by atoms with Crippen LogP contribution in [0.25, 0.3) is 10.9 Å². The smallest absolute Gasteiger partial charge is 0.278 e. The van der Waals surface area contributed by atoms with Crippen LogP contribution < -0.4 is 0 Å². The molecule has 0 saturated heterocycles. The summed E-state index contributed by atoms with van der Waals surface area (Å²) in [6.07, 6.45) is 5.86. The molecule has 0 aliphatic rings. The third kappa shape index (κ3) is 3.12. The molecule has 0 fully saturated rings. The summed E-state index contributed by atoms with van der Waals surface area (Å²) in [4.78, 5) is 10.6. The Morgan fingerprint density at radius 2 is 1.95 bits per heavy atom. The predicted molar refractivity (Wildman–Crippen MR) is 74.1 cm³/mol. The first-order valence-electron chi connectivity index (χ1n) is 6.57. The van der Waals surface area contributed by atoms with Crippen LogP contribution in [0, 0.1) is 10.1 Å². The van der Waals surface area contributed by atoms with Crippen LogP contribution in [0.15, 0.2) is 30.5 Å². The van der Waals surface area contributed by atoms with Crippen LogP contribution in [0.1, 0.15) is 25.7 Å². The quantitative estimate of drug-likeness (QED) is 0.473. The predicted octanol–water partition coefficient (Wildman–Crippen LogP) is 3.10. The fraction of sp³-hybridized carbons (Fsp3) is 0.429. The average Bonchev–Trinajstić information content (AvgIpc) is 2.81. The molecule has 102 valence electrons. The van der Waals surface area contributed by atoms with E-state index < -0.39 is 0 Å². The molecule has 0 bridgehead atoms. The molecule has 5 nitrogen and oxygen atoms in total. The number of hydrogen-bond acceptors (Lipinski definition) is 3. The van der Waals surface area contributed by atoms with Crippen molar-refractivity contribution in [3.05, 3.63) is 40.6 Å². The maximum Gasteiger partial charge on any atom is 0.278 e. The van der Waals surface area contributed by atoms with Crippen molar-refractivity contribution in [1.82, 2.24) is 4.57 Å². The second kappa shape index (κ2) is 6.33. The minimum absolute atomic E-state index is 0.163. The highest BCUT2D eigenvalue weighted by atomic mass is 16.6. The van der Waals surface area contributed by atoms with Crippen molar-refractivity contribution < 1.29 is 10.0 Å². The van der Waals surface area contributed by atoms with E-state index in [1.54, 1.807) is 12.1 Å². The summed E-state index contributed by atoms with van der Waals surface area (Å²) in [6.45, 7) is 1.11. The molecule has 0 spiro atoms. The van der Waals surface area contributed by atoms with Crippen LogP contribution in [0.4, 0.5) is 5.69 Å². The average molecular weight is 262 g/mol. The first-order chi connectivity index (χ1) is 9.24. The van der Waals surface area contributed by atoms with Crippen molar-refractivity contribution in [1.29, 1.82) is 0 Å². The molecule has 0 aliphatic carbocycles. The highest BCUT2D eigenvalue weighted by Gasteiger charge is 2.13. The summed E-state index contributed by atoms with van der Waals surface area (Å²) in [7, 11) is 0. The SMILES string of the molecule is O=[N+]([O-])c1cccc2c1ccn2CCCCCCO. The zero-order valence-corrected chi connectivity index (χ0v) is 10.8. The molecule has 1 aromatic carbocycles. The van der Waals surface area contributed by atoms with Crippen LogP contribution in [-0.4, -0.2) is 21.2 Å². The number of fused-ring (bicyclic) bond motifs is 1. The van der Waals surface area contributed by atoms with E-state index in [2.05, 4.69) is 4.57 Å². The number of nitro groups is 1. The number of unbranched alkanes of at least 4 members (excludes halogenated alkanes) is 3. The van der Waals surface area contributed by atoms with E-state index in [-0.39, 0.29) is 17.2 Å². The van der Waals surface area contributed by atoms with Gasteiger partial charge in [0.25, 0.3) is 5.69 Å². The van der Waals surface area contributed by atoms with Gasteiger partial charge in [-0.1, -0.05) is 18.9 Å². The van der Waals surface area contributed by atoms with Gasteiger partial charge in [-0.05, 0) is 25.0 Å². The Balaban J connectivity index is 2.08. The molecule has 5 heteroatoms. The standard InChI is InChI=1S/C14H18N2O3/c17-11-4-2-1-3-9-15-10-8-12-13(15)6-5-7-14(12)16(18)19/h5-8,10,17H,1-4,9,11H2. The van der Waals surface area contributed by atoms with E-state index in [1.165, 1.54) is 6.07 Å². The van der Waals surface area contributed by atoms with Gasteiger partial charge in [-0.3, -0.25) is 10.1 Å². The molecule has 1 aromatic heterocycles. The van der Waals surface area contributed by atoms with E-state index in [1.807, 2.05) is 12.3 Å². The lowest BCUT2D eigenvalue weighted by Gasteiger charge is -2.05. The second-order valence-corrected chi connectivity index (χ2v) is 4.61. The molecule has 0 saturated carbocycles. The summed E-state index contributed by atoms with van der Waals surface area (Å²) in [5.74, 6) is 0. The van der Waals surface area contributed by atoms with Crippen molar-refractivity contribution in [3.63, 3.8) is 0 Å². The van der Waals surface area contributed by atoms with Crippen molar-refractivity contribution in [2.24, 2.45) is 0 Å². The van der Waals surface area contributed by atoms with E-state index in [4.69, 9.17) is 5.11 Å². The first-order valence-corrected chi connectivity index (χ1v) is 6.57. The maximum absolute atomic E-state index is 10.9. The van der Waals surface area contributed by atoms with Gasteiger partial charge in [0.05, 0.1) is 15.8 Å². The summed E-state index contributed by atoms with van der Waals surface area (Å²) in [5, 5.41) is 20.3. The zero-order chi connectivity index (χ0) is 13.7. The van der Waals surface area contributed by atoms with Gasteiger partial charge in [0.1, 0.15) is 0 Å². The summed E-state index contributed by atoms with van der Waals surface area (Å²) >= 11 is 0. The summed E-state index contributed by atoms with van der Waals surface area (Å²) in [5.41, 5.74) is 1.08. The number of aliphatic hydroxyl groups is 1. The molecule has 1 heterocycles. The number of nitro benzene ring substituents is 1. The molecule has 0 radical (unpaired) electrons. The Morgan fingerprint density at radius 1 is 1.16 bits per heavy atom. The number of aromatic nitrogens is 1. The minimum Gasteiger partial charge on any atom is -0.396 e. The summed E-state index contributed by atoms with van der Waals surface area (Å²) < 4.78 is 2.06. The fourth-order valence-electron chi connectivity index (χ4n) is 2.31. The lowest BCUT2D eigenvalue weighted by molar-refractivity contribution is -0.383. The van der Waals surface area contributed by atoms with Crippen LogP contribution in [-0.2, 0) is 6.54 Å². The van der Waals surface area contributed by atoms with Gasteiger partial charge in [-0.25, -0.2) is 0 Å². The van der Waals surface area contributed by atoms with E-state index >= 15 is 0 Å². The van der Waals surface area contributed by atoms with Crippen molar-refractivity contribution in [2.75, 3.05) is 6.61 Å². The first kappa shape index (κ1) is 13.5. The van der Waals surface area contributed by atoms with E-state index in [0.717, 1.165) is 37.7 Å². The van der Waals surface area contributed by atoms with Gasteiger partial charge in [0.15, 0.2) is 0 Å². The highest BCUT2D eigenvalue weighted by molar-refractivity contribution is 5.89. The molecular weight excluding hydrogens is 244 g/mol. The van der Waals surface area contributed by atoms with Gasteiger partial charge in [0.2, 0.25) is 0 Å². The fourth-order valence-corrected chi connectivity index (χ4v) is 2.31. The monoisotopic (exact) mass is 262 g/mol. The minimum atomic E-state index is -0.339. The second-order valence-electron chi connectivity index (χ2n) is 4.61. The largest absolute Gasteiger partial charge is 0.396 e.